The first-order valence-electron chi connectivity index (χ1n) is 5.42. The van der Waals surface area contributed by atoms with Crippen LogP contribution in [0.1, 0.15) is 36.4 Å². The molecule has 2 rings (SSSR count). The third-order valence-corrected chi connectivity index (χ3v) is 3.65. The first kappa shape index (κ1) is 11.4. The number of rotatable bonds is 5. The molecule has 2 heterocycles. The number of aromatic nitrogens is 1. The lowest BCUT2D eigenvalue weighted by Gasteiger charge is -2.15. The quantitative estimate of drug-likeness (QED) is 0.866. The lowest BCUT2D eigenvalue weighted by atomic mass is 10.1. The van der Waals surface area contributed by atoms with Crippen molar-refractivity contribution in [1.82, 2.24) is 10.3 Å². The van der Waals surface area contributed by atoms with E-state index in [0.717, 1.165) is 6.54 Å². The van der Waals surface area contributed by atoms with Crippen molar-refractivity contribution in [3.05, 3.63) is 40.7 Å². The van der Waals surface area contributed by atoms with Gasteiger partial charge in [0.2, 0.25) is 0 Å². The van der Waals surface area contributed by atoms with E-state index in [1.807, 2.05) is 17.6 Å². The minimum absolute atomic E-state index is 0.321. The molecule has 0 fully saturated rings. The van der Waals surface area contributed by atoms with Crippen LogP contribution in [-0.4, -0.2) is 11.5 Å². The van der Waals surface area contributed by atoms with Gasteiger partial charge in [-0.25, -0.2) is 4.98 Å². The van der Waals surface area contributed by atoms with Crippen molar-refractivity contribution in [3.8, 4) is 0 Å². The van der Waals surface area contributed by atoms with E-state index in [0.29, 0.717) is 12.0 Å². The number of hydrogen-bond acceptors (Lipinski definition) is 4. The van der Waals surface area contributed by atoms with Gasteiger partial charge in [-0.1, -0.05) is 6.92 Å². The molecule has 0 amide bonds. The number of thiazole rings is 1. The lowest BCUT2D eigenvalue weighted by Crippen LogP contribution is -2.23. The van der Waals surface area contributed by atoms with Crippen LogP contribution in [0.4, 0.5) is 0 Å². The van der Waals surface area contributed by atoms with Gasteiger partial charge in [-0.2, -0.15) is 0 Å². The van der Waals surface area contributed by atoms with Gasteiger partial charge < -0.3 is 9.73 Å². The van der Waals surface area contributed by atoms with Crippen LogP contribution in [0.2, 0.25) is 0 Å². The average molecular weight is 236 g/mol. The van der Waals surface area contributed by atoms with Crippen molar-refractivity contribution in [2.24, 2.45) is 0 Å². The monoisotopic (exact) mass is 236 g/mol. The first-order chi connectivity index (χ1) is 7.77. The summed E-state index contributed by atoms with van der Waals surface area (Å²) in [5.74, 6) is 0.453. The Bertz CT molecular complexity index is 356. The predicted octanol–water partition coefficient (Wildman–Crippen LogP) is 3.19. The normalized spacial score (nSPS) is 14.9. The standard InChI is InChI=1S/C12H16N2OS/c1-9(12-13-4-6-16-12)7-14-10(2)11-3-5-15-8-11/h3-6,8-10,14H,7H2,1-2H3. The molecule has 0 aliphatic heterocycles. The fourth-order valence-electron chi connectivity index (χ4n) is 1.56. The molecule has 2 aromatic rings. The zero-order chi connectivity index (χ0) is 11.4. The summed E-state index contributed by atoms with van der Waals surface area (Å²) in [6.07, 6.45) is 5.35. The van der Waals surface area contributed by atoms with Crippen LogP contribution < -0.4 is 5.32 Å². The molecule has 1 N–H and O–H groups in total. The molecule has 2 unspecified atom stereocenters. The molecule has 4 heteroatoms. The molecule has 0 aliphatic carbocycles. The van der Waals surface area contributed by atoms with E-state index in [1.54, 1.807) is 23.9 Å². The molecular weight excluding hydrogens is 220 g/mol. The molecule has 0 saturated heterocycles. The summed E-state index contributed by atoms with van der Waals surface area (Å²) < 4.78 is 5.06. The third kappa shape index (κ3) is 2.71. The summed E-state index contributed by atoms with van der Waals surface area (Å²) in [5.41, 5.74) is 1.19. The lowest BCUT2D eigenvalue weighted by molar-refractivity contribution is 0.520. The van der Waals surface area contributed by atoms with E-state index < -0.39 is 0 Å². The van der Waals surface area contributed by atoms with Crippen LogP contribution >= 0.6 is 11.3 Å². The van der Waals surface area contributed by atoms with Gasteiger partial charge in [-0.3, -0.25) is 0 Å². The number of nitrogens with zero attached hydrogens (tertiary/aromatic N) is 1. The SMILES string of the molecule is CC(CNC(C)c1ccoc1)c1nccs1. The Morgan fingerprint density at radius 2 is 2.38 bits per heavy atom. The van der Waals surface area contributed by atoms with E-state index >= 15 is 0 Å². The van der Waals surface area contributed by atoms with Crippen molar-refractivity contribution in [2.45, 2.75) is 25.8 Å². The van der Waals surface area contributed by atoms with Crippen molar-refractivity contribution in [3.63, 3.8) is 0 Å². The molecule has 0 radical (unpaired) electrons. The number of nitrogens with one attached hydrogen (secondary N) is 1. The number of hydrogen-bond donors (Lipinski definition) is 1. The molecule has 3 nitrogen and oxygen atoms in total. The van der Waals surface area contributed by atoms with Crippen LogP contribution in [-0.2, 0) is 0 Å². The van der Waals surface area contributed by atoms with Crippen LogP contribution in [0.3, 0.4) is 0 Å². The summed E-state index contributed by atoms with van der Waals surface area (Å²) in [5, 5.41) is 6.69. The highest BCUT2D eigenvalue weighted by molar-refractivity contribution is 7.09. The molecule has 0 aromatic carbocycles. The van der Waals surface area contributed by atoms with Gasteiger partial charge in [0.25, 0.3) is 0 Å². The van der Waals surface area contributed by atoms with E-state index in [-0.39, 0.29) is 0 Å². The van der Waals surface area contributed by atoms with Gasteiger partial charge in [-0.15, -0.1) is 11.3 Å². The van der Waals surface area contributed by atoms with Gasteiger partial charge in [0.15, 0.2) is 0 Å². The molecule has 0 bridgehead atoms. The Labute approximate surface area is 99.5 Å². The van der Waals surface area contributed by atoms with Gasteiger partial charge >= 0.3 is 0 Å². The van der Waals surface area contributed by atoms with Crippen molar-refractivity contribution >= 4 is 11.3 Å². The molecule has 0 aliphatic rings. The summed E-state index contributed by atoms with van der Waals surface area (Å²) >= 11 is 1.71. The third-order valence-electron chi connectivity index (χ3n) is 2.65. The highest BCUT2D eigenvalue weighted by atomic mass is 32.1. The van der Waals surface area contributed by atoms with E-state index in [9.17, 15) is 0 Å². The molecule has 0 saturated carbocycles. The van der Waals surface area contributed by atoms with Gasteiger partial charge in [0.1, 0.15) is 0 Å². The molecule has 0 spiro atoms. The molecule has 2 aromatic heterocycles. The maximum atomic E-state index is 5.06. The summed E-state index contributed by atoms with van der Waals surface area (Å²) in [6, 6.07) is 2.31. The molecule has 16 heavy (non-hydrogen) atoms. The maximum Gasteiger partial charge on any atom is 0.0965 e. The van der Waals surface area contributed by atoms with Gasteiger partial charge in [-0.05, 0) is 13.0 Å². The largest absolute Gasteiger partial charge is 0.472 e. The highest BCUT2D eigenvalue weighted by Gasteiger charge is 2.11. The predicted molar refractivity (Wildman–Crippen MR) is 65.7 cm³/mol. The van der Waals surface area contributed by atoms with Crippen molar-refractivity contribution in [1.29, 1.82) is 0 Å². The summed E-state index contributed by atoms with van der Waals surface area (Å²) in [6.45, 7) is 5.26. The van der Waals surface area contributed by atoms with Crippen LogP contribution in [0, 0.1) is 0 Å². The molecule has 2 atom stereocenters. The minimum atomic E-state index is 0.321. The van der Waals surface area contributed by atoms with E-state index in [4.69, 9.17) is 4.42 Å². The van der Waals surface area contributed by atoms with Crippen molar-refractivity contribution < 1.29 is 4.42 Å². The smallest absolute Gasteiger partial charge is 0.0965 e. The van der Waals surface area contributed by atoms with Crippen LogP contribution in [0.15, 0.2) is 34.6 Å². The average Bonchev–Trinajstić information content (AvgIpc) is 2.95. The Hall–Kier alpha value is -1.13. The Kier molecular flexibility index (Phi) is 3.74. The van der Waals surface area contributed by atoms with E-state index in [1.165, 1.54) is 10.6 Å². The fraction of sp³-hybridized carbons (Fsp3) is 0.417. The van der Waals surface area contributed by atoms with Gasteiger partial charge in [0, 0.05) is 35.6 Å². The van der Waals surface area contributed by atoms with Crippen LogP contribution in [0.5, 0.6) is 0 Å². The zero-order valence-corrected chi connectivity index (χ0v) is 10.3. The maximum absolute atomic E-state index is 5.06. The van der Waals surface area contributed by atoms with Gasteiger partial charge in [0.05, 0.1) is 17.5 Å². The Morgan fingerprint density at radius 1 is 1.50 bits per heavy atom. The molecular formula is C12H16N2OS. The second kappa shape index (κ2) is 5.27. The molecule has 86 valence electrons. The van der Waals surface area contributed by atoms with Crippen molar-refractivity contribution in [2.75, 3.05) is 6.54 Å². The zero-order valence-electron chi connectivity index (χ0n) is 9.51. The topological polar surface area (TPSA) is 38.1 Å². The second-order valence-electron chi connectivity index (χ2n) is 3.96. The number of furan rings is 1. The van der Waals surface area contributed by atoms with Crippen LogP contribution in [0.25, 0.3) is 0 Å². The Morgan fingerprint density at radius 3 is 3.00 bits per heavy atom. The fourth-order valence-corrected chi connectivity index (χ4v) is 2.26. The summed E-state index contributed by atoms with van der Waals surface area (Å²) in [7, 11) is 0. The highest BCUT2D eigenvalue weighted by Crippen LogP contribution is 2.18. The first-order valence-corrected chi connectivity index (χ1v) is 6.30. The minimum Gasteiger partial charge on any atom is -0.472 e. The summed E-state index contributed by atoms with van der Waals surface area (Å²) in [4.78, 5) is 4.32. The Balaban J connectivity index is 1.84. The second-order valence-corrected chi connectivity index (χ2v) is 4.88. The van der Waals surface area contributed by atoms with E-state index in [2.05, 4.69) is 24.1 Å².